The SMILES string of the molecule is O=C(CCCCBr)OC1CCCC1. The molecule has 0 unspecified atom stereocenters. The van der Waals surface area contributed by atoms with Gasteiger partial charge in [-0.3, -0.25) is 4.79 Å². The van der Waals surface area contributed by atoms with Crippen LogP contribution in [0, 0.1) is 0 Å². The fourth-order valence-electron chi connectivity index (χ4n) is 1.61. The lowest BCUT2D eigenvalue weighted by molar-refractivity contribution is -0.148. The number of hydrogen-bond acceptors (Lipinski definition) is 2. The quantitative estimate of drug-likeness (QED) is 0.425. The molecule has 0 spiro atoms. The van der Waals surface area contributed by atoms with Gasteiger partial charge in [0.1, 0.15) is 6.10 Å². The molecule has 0 bridgehead atoms. The van der Waals surface area contributed by atoms with Crippen LogP contribution < -0.4 is 0 Å². The molecule has 0 aliphatic heterocycles. The van der Waals surface area contributed by atoms with Crippen molar-refractivity contribution in [1.29, 1.82) is 0 Å². The summed E-state index contributed by atoms with van der Waals surface area (Å²) in [7, 11) is 0. The highest BCUT2D eigenvalue weighted by Gasteiger charge is 2.18. The second kappa shape index (κ2) is 6.41. The van der Waals surface area contributed by atoms with E-state index in [1.807, 2.05) is 0 Å². The first-order chi connectivity index (χ1) is 6.33. The van der Waals surface area contributed by atoms with Crippen molar-refractivity contribution < 1.29 is 9.53 Å². The fourth-order valence-corrected chi connectivity index (χ4v) is 2.01. The second-order valence-electron chi connectivity index (χ2n) is 3.54. The zero-order valence-corrected chi connectivity index (χ0v) is 9.51. The molecule has 76 valence electrons. The van der Waals surface area contributed by atoms with E-state index in [9.17, 15) is 4.79 Å². The minimum absolute atomic E-state index is 0.00662. The van der Waals surface area contributed by atoms with Crippen LogP contribution in [0.1, 0.15) is 44.9 Å². The van der Waals surface area contributed by atoms with Crippen molar-refractivity contribution in [2.24, 2.45) is 0 Å². The number of unbranched alkanes of at least 4 members (excludes halogenated alkanes) is 1. The van der Waals surface area contributed by atoms with E-state index in [-0.39, 0.29) is 12.1 Å². The number of carbonyl (C=O) groups is 1. The first kappa shape index (κ1) is 11.0. The molecule has 1 rings (SSSR count). The number of halogens is 1. The first-order valence-corrected chi connectivity index (χ1v) is 6.20. The third-order valence-corrected chi connectivity index (χ3v) is 2.93. The second-order valence-corrected chi connectivity index (χ2v) is 4.34. The molecular weight excluding hydrogens is 232 g/mol. The summed E-state index contributed by atoms with van der Waals surface area (Å²) in [6, 6.07) is 0. The monoisotopic (exact) mass is 248 g/mol. The number of esters is 1. The maximum absolute atomic E-state index is 11.2. The lowest BCUT2D eigenvalue weighted by Gasteiger charge is -2.10. The summed E-state index contributed by atoms with van der Waals surface area (Å²) in [6.45, 7) is 0. The normalized spacial score (nSPS) is 17.6. The minimum atomic E-state index is -0.00662. The van der Waals surface area contributed by atoms with Gasteiger partial charge in [0.25, 0.3) is 0 Å². The Morgan fingerprint density at radius 3 is 2.62 bits per heavy atom. The van der Waals surface area contributed by atoms with E-state index in [4.69, 9.17) is 4.74 Å². The maximum Gasteiger partial charge on any atom is 0.306 e. The molecule has 0 aromatic carbocycles. The van der Waals surface area contributed by atoms with Crippen molar-refractivity contribution in [3.63, 3.8) is 0 Å². The van der Waals surface area contributed by atoms with Crippen LogP contribution in [0.5, 0.6) is 0 Å². The van der Waals surface area contributed by atoms with Crippen LogP contribution in [0.25, 0.3) is 0 Å². The molecule has 3 heteroatoms. The van der Waals surface area contributed by atoms with Crippen molar-refractivity contribution in [2.45, 2.75) is 51.0 Å². The fraction of sp³-hybridized carbons (Fsp3) is 0.900. The van der Waals surface area contributed by atoms with E-state index in [2.05, 4.69) is 15.9 Å². The van der Waals surface area contributed by atoms with Gasteiger partial charge in [-0.1, -0.05) is 15.9 Å². The zero-order valence-electron chi connectivity index (χ0n) is 7.93. The Morgan fingerprint density at radius 2 is 2.00 bits per heavy atom. The number of carbonyl (C=O) groups excluding carboxylic acids is 1. The number of ether oxygens (including phenoxy) is 1. The van der Waals surface area contributed by atoms with E-state index >= 15 is 0 Å². The Bertz CT molecular complexity index is 153. The van der Waals surface area contributed by atoms with Gasteiger partial charge in [-0.15, -0.1) is 0 Å². The first-order valence-electron chi connectivity index (χ1n) is 5.08. The van der Waals surface area contributed by atoms with Crippen LogP contribution in [-0.4, -0.2) is 17.4 Å². The molecule has 0 saturated heterocycles. The highest BCUT2D eigenvalue weighted by molar-refractivity contribution is 9.09. The summed E-state index contributed by atoms with van der Waals surface area (Å²) in [4.78, 5) is 11.2. The van der Waals surface area contributed by atoms with Gasteiger partial charge in [0.15, 0.2) is 0 Å². The van der Waals surface area contributed by atoms with E-state index in [0.29, 0.717) is 6.42 Å². The molecule has 0 aromatic heterocycles. The molecule has 0 radical (unpaired) electrons. The topological polar surface area (TPSA) is 26.3 Å². The summed E-state index contributed by atoms with van der Waals surface area (Å²) in [5.41, 5.74) is 0. The van der Waals surface area contributed by atoms with Gasteiger partial charge in [0.05, 0.1) is 0 Å². The highest BCUT2D eigenvalue weighted by atomic mass is 79.9. The van der Waals surface area contributed by atoms with Crippen LogP contribution in [-0.2, 0) is 9.53 Å². The summed E-state index contributed by atoms with van der Waals surface area (Å²) in [6.07, 6.45) is 7.41. The predicted octanol–water partition coefficient (Wildman–Crippen LogP) is 3.04. The molecule has 0 atom stereocenters. The van der Waals surface area contributed by atoms with E-state index in [1.165, 1.54) is 12.8 Å². The van der Waals surface area contributed by atoms with Crippen LogP contribution in [0.2, 0.25) is 0 Å². The highest BCUT2D eigenvalue weighted by Crippen LogP contribution is 2.21. The van der Waals surface area contributed by atoms with Gasteiger partial charge in [0, 0.05) is 11.8 Å². The van der Waals surface area contributed by atoms with Gasteiger partial charge in [0.2, 0.25) is 0 Å². The Kier molecular flexibility index (Phi) is 5.44. The van der Waals surface area contributed by atoms with Crippen molar-refractivity contribution in [1.82, 2.24) is 0 Å². The Hall–Kier alpha value is -0.0500. The molecule has 1 aliphatic rings. The van der Waals surface area contributed by atoms with E-state index in [0.717, 1.165) is 31.0 Å². The third kappa shape index (κ3) is 4.65. The standard InChI is InChI=1S/C10H17BrO2/c11-8-4-3-7-10(12)13-9-5-1-2-6-9/h9H,1-8H2. The summed E-state index contributed by atoms with van der Waals surface area (Å²) < 4.78 is 5.30. The number of alkyl halides is 1. The van der Waals surface area contributed by atoms with Crippen LogP contribution in [0.15, 0.2) is 0 Å². The average Bonchev–Trinajstić information content (AvgIpc) is 2.57. The molecule has 0 N–H and O–H groups in total. The lowest BCUT2D eigenvalue weighted by atomic mass is 10.2. The summed E-state index contributed by atoms with van der Waals surface area (Å²) in [5.74, 6) is -0.00662. The van der Waals surface area contributed by atoms with E-state index in [1.54, 1.807) is 0 Å². The van der Waals surface area contributed by atoms with Crippen LogP contribution in [0.3, 0.4) is 0 Å². The van der Waals surface area contributed by atoms with Gasteiger partial charge in [-0.05, 0) is 38.5 Å². The Balaban J connectivity index is 2.02. The van der Waals surface area contributed by atoms with E-state index < -0.39 is 0 Å². The number of hydrogen-bond donors (Lipinski definition) is 0. The van der Waals surface area contributed by atoms with Gasteiger partial charge >= 0.3 is 5.97 Å². The average molecular weight is 249 g/mol. The van der Waals surface area contributed by atoms with Gasteiger partial charge < -0.3 is 4.74 Å². The molecule has 0 amide bonds. The molecular formula is C10H17BrO2. The summed E-state index contributed by atoms with van der Waals surface area (Å²) >= 11 is 3.34. The smallest absolute Gasteiger partial charge is 0.306 e. The molecule has 13 heavy (non-hydrogen) atoms. The molecule has 2 nitrogen and oxygen atoms in total. The molecule has 1 fully saturated rings. The Morgan fingerprint density at radius 1 is 1.31 bits per heavy atom. The summed E-state index contributed by atoms with van der Waals surface area (Å²) in [5, 5.41) is 0.976. The number of rotatable bonds is 5. The lowest BCUT2D eigenvalue weighted by Crippen LogP contribution is -2.14. The van der Waals surface area contributed by atoms with Crippen molar-refractivity contribution in [3.8, 4) is 0 Å². The third-order valence-electron chi connectivity index (χ3n) is 2.36. The molecule has 1 saturated carbocycles. The maximum atomic E-state index is 11.2. The van der Waals surface area contributed by atoms with Gasteiger partial charge in [-0.2, -0.15) is 0 Å². The van der Waals surface area contributed by atoms with Crippen molar-refractivity contribution in [3.05, 3.63) is 0 Å². The molecule has 1 aliphatic carbocycles. The zero-order chi connectivity index (χ0) is 9.52. The van der Waals surface area contributed by atoms with Gasteiger partial charge in [-0.25, -0.2) is 0 Å². The van der Waals surface area contributed by atoms with Crippen LogP contribution >= 0.6 is 15.9 Å². The molecule has 0 heterocycles. The minimum Gasteiger partial charge on any atom is -0.462 e. The van der Waals surface area contributed by atoms with Crippen molar-refractivity contribution in [2.75, 3.05) is 5.33 Å². The largest absolute Gasteiger partial charge is 0.462 e. The van der Waals surface area contributed by atoms with Crippen LogP contribution in [0.4, 0.5) is 0 Å². The Labute approximate surface area is 88.2 Å². The predicted molar refractivity (Wildman–Crippen MR) is 56.0 cm³/mol. The van der Waals surface area contributed by atoms with Crippen molar-refractivity contribution >= 4 is 21.9 Å². The molecule has 0 aromatic rings.